The minimum absolute atomic E-state index is 0.124. The summed E-state index contributed by atoms with van der Waals surface area (Å²) >= 11 is 7.28. The molecule has 1 aromatic carbocycles. The average molecular weight is 371 g/mol. The molecule has 1 heterocycles. The van der Waals surface area contributed by atoms with Gasteiger partial charge in [0, 0.05) is 20.3 Å². The third-order valence-corrected chi connectivity index (χ3v) is 4.47. The van der Waals surface area contributed by atoms with Crippen molar-refractivity contribution in [1.82, 2.24) is 14.8 Å². The maximum atomic E-state index is 12.1. The number of ether oxygens (including phenoxy) is 1. The van der Waals surface area contributed by atoms with Crippen molar-refractivity contribution in [3.05, 3.63) is 39.3 Å². The molecule has 0 unspecified atom stereocenters. The molecular weight excluding hydrogens is 352 g/mol. The van der Waals surface area contributed by atoms with E-state index in [4.69, 9.17) is 16.3 Å². The van der Waals surface area contributed by atoms with E-state index in [0.717, 1.165) is 5.56 Å². The number of hydrogen-bond acceptors (Lipinski definition) is 5. The normalized spacial score (nSPS) is 10.8. The molecular formula is C15H19ClN4O3S. The van der Waals surface area contributed by atoms with Crippen molar-refractivity contribution >= 4 is 35.0 Å². The lowest BCUT2D eigenvalue weighted by molar-refractivity contribution is -0.113. The number of methoxy groups -OCH3 is 1. The van der Waals surface area contributed by atoms with Gasteiger partial charge < -0.3 is 10.1 Å². The van der Waals surface area contributed by atoms with Gasteiger partial charge in [0.25, 0.3) is 0 Å². The summed E-state index contributed by atoms with van der Waals surface area (Å²) < 4.78 is 6.47. The zero-order valence-electron chi connectivity index (χ0n) is 13.5. The molecule has 0 spiro atoms. The smallest absolute Gasteiger partial charge is 0.343 e. The Bertz CT molecular complexity index is 759. The van der Waals surface area contributed by atoms with Crippen LogP contribution in [0.1, 0.15) is 12.0 Å². The number of thioether (sulfide) groups is 1. The molecule has 2 rings (SSSR count). The van der Waals surface area contributed by atoms with Gasteiger partial charge in [0.1, 0.15) is 0 Å². The molecule has 0 saturated carbocycles. The number of anilines is 1. The fraction of sp³-hybridized carbons (Fsp3) is 0.400. The molecule has 1 amide bonds. The number of nitrogens with zero attached hydrogens (tertiary/aromatic N) is 2. The second-order valence-corrected chi connectivity index (χ2v) is 6.48. The van der Waals surface area contributed by atoms with Crippen LogP contribution in [-0.2, 0) is 16.1 Å². The maximum Gasteiger partial charge on any atom is 0.343 e. The predicted octanol–water partition coefficient (Wildman–Crippen LogP) is 2.30. The van der Waals surface area contributed by atoms with Gasteiger partial charge in [-0.15, -0.1) is 5.10 Å². The molecule has 9 heteroatoms. The summed E-state index contributed by atoms with van der Waals surface area (Å²) in [4.78, 5) is 23.8. The number of carbonyl (C=O) groups excluding carboxylic acids is 1. The number of aromatic amines is 1. The lowest BCUT2D eigenvalue weighted by Gasteiger charge is -2.08. The van der Waals surface area contributed by atoms with Crippen LogP contribution in [-0.4, -0.2) is 40.1 Å². The zero-order valence-corrected chi connectivity index (χ0v) is 15.0. The Kier molecular flexibility index (Phi) is 6.89. The average Bonchev–Trinajstić information content (AvgIpc) is 2.89. The molecule has 0 aliphatic rings. The highest BCUT2D eigenvalue weighted by molar-refractivity contribution is 7.99. The third-order valence-electron chi connectivity index (χ3n) is 3.18. The molecule has 0 saturated heterocycles. The van der Waals surface area contributed by atoms with E-state index in [0.29, 0.717) is 35.4 Å². The van der Waals surface area contributed by atoms with E-state index in [1.165, 1.54) is 16.3 Å². The Labute approximate surface area is 148 Å². The second-order valence-electron chi connectivity index (χ2n) is 5.13. The number of hydrogen-bond donors (Lipinski definition) is 2. The lowest BCUT2D eigenvalue weighted by Crippen LogP contribution is -2.19. The number of nitrogens with one attached hydrogen (secondary N) is 2. The van der Waals surface area contributed by atoms with Crippen molar-refractivity contribution < 1.29 is 9.53 Å². The van der Waals surface area contributed by atoms with Gasteiger partial charge in [0.15, 0.2) is 5.16 Å². The highest BCUT2D eigenvalue weighted by atomic mass is 35.5. The van der Waals surface area contributed by atoms with Gasteiger partial charge in [0.05, 0.1) is 16.5 Å². The van der Waals surface area contributed by atoms with Crippen molar-refractivity contribution in [2.24, 2.45) is 0 Å². The summed E-state index contributed by atoms with van der Waals surface area (Å²) in [6.45, 7) is 2.96. The summed E-state index contributed by atoms with van der Waals surface area (Å²) in [5.41, 5.74) is 1.28. The van der Waals surface area contributed by atoms with Gasteiger partial charge >= 0.3 is 5.69 Å². The summed E-state index contributed by atoms with van der Waals surface area (Å²) in [6, 6.07) is 5.41. The van der Waals surface area contributed by atoms with Crippen molar-refractivity contribution in [2.45, 2.75) is 25.0 Å². The minimum Gasteiger partial charge on any atom is -0.385 e. The van der Waals surface area contributed by atoms with Crippen LogP contribution >= 0.6 is 23.4 Å². The van der Waals surface area contributed by atoms with Gasteiger partial charge in [-0.1, -0.05) is 29.4 Å². The highest BCUT2D eigenvalue weighted by Crippen LogP contribution is 2.23. The van der Waals surface area contributed by atoms with Crippen molar-refractivity contribution in [1.29, 1.82) is 0 Å². The molecule has 24 heavy (non-hydrogen) atoms. The fourth-order valence-electron chi connectivity index (χ4n) is 2.02. The van der Waals surface area contributed by atoms with Crippen LogP contribution in [0.4, 0.5) is 5.69 Å². The van der Waals surface area contributed by atoms with Crippen molar-refractivity contribution in [3.63, 3.8) is 0 Å². The van der Waals surface area contributed by atoms with Crippen LogP contribution in [0.15, 0.2) is 28.2 Å². The van der Waals surface area contributed by atoms with Crippen LogP contribution < -0.4 is 11.0 Å². The lowest BCUT2D eigenvalue weighted by atomic mass is 10.2. The number of halogens is 1. The van der Waals surface area contributed by atoms with E-state index in [-0.39, 0.29) is 17.3 Å². The molecule has 2 N–H and O–H groups in total. The van der Waals surface area contributed by atoms with Crippen LogP contribution in [0, 0.1) is 6.92 Å². The summed E-state index contributed by atoms with van der Waals surface area (Å²) in [5.74, 6) is -0.0941. The Morgan fingerprint density at radius 2 is 2.29 bits per heavy atom. The first-order valence-corrected chi connectivity index (χ1v) is 8.70. The van der Waals surface area contributed by atoms with Gasteiger partial charge in [-0.25, -0.2) is 9.89 Å². The van der Waals surface area contributed by atoms with Gasteiger partial charge in [-0.3, -0.25) is 9.36 Å². The largest absolute Gasteiger partial charge is 0.385 e. The SMILES string of the molecule is COCCCn1c(SCC(=O)Nc2ccc(C)cc2Cl)n[nH]c1=O. The molecule has 2 aromatic rings. The van der Waals surface area contributed by atoms with Crippen molar-refractivity contribution in [2.75, 3.05) is 24.8 Å². The number of H-pyrrole nitrogens is 1. The van der Waals surface area contributed by atoms with Crippen LogP contribution in [0.3, 0.4) is 0 Å². The highest BCUT2D eigenvalue weighted by Gasteiger charge is 2.12. The first-order chi connectivity index (χ1) is 11.5. The van der Waals surface area contributed by atoms with E-state index in [2.05, 4.69) is 15.5 Å². The fourth-order valence-corrected chi connectivity index (χ4v) is 3.07. The standard InChI is InChI=1S/C15H19ClN4O3S/c1-10-4-5-12(11(16)8-10)17-13(21)9-24-15-19-18-14(22)20(15)6-3-7-23-2/h4-5,8H,3,6-7,9H2,1-2H3,(H,17,21)(H,18,22). The Hall–Kier alpha value is -1.77. The molecule has 0 aliphatic heterocycles. The van der Waals surface area contributed by atoms with Gasteiger partial charge in [0.2, 0.25) is 5.91 Å². The summed E-state index contributed by atoms with van der Waals surface area (Å²) in [7, 11) is 1.61. The molecule has 0 aliphatic carbocycles. The minimum atomic E-state index is -0.296. The van der Waals surface area contributed by atoms with E-state index in [1.807, 2.05) is 13.0 Å². The summed E-state index contributed by atoms with van der Waals surface area (Å²) in [5, 5.41) is 10.1. The van der Waals surface area contributed by atoms with E-state index in [9.17, 15) is 9.59 Å². The van der Waals surface area contributed by atoms with Crippen LogP contribution in [0.2, 0.25) is 5.02 Å². The maximum absolute atomic E-state index is 12.1. The molecule has 0 atom stereocenters. The third kappa shape index (κ3) is 5.12. The molecule has 0 bridgehead atoms. The predicted molar refractivity (Wildman–Crippen MR) is 94.9 cm³/mol. The number of rotatable bonds is 8. The zero-order chi connectivity index (χ0) is 17.5. The molecule has 0 fully saturated rings. The number of aromatic nitrogens is 3. The number of carbonyl (C=O) groups is 1. The summed E-state index contributed by atoms with van der Waals surface area (Å²) in [6.07, 6.45) is 0.689. The first-order valence-electron chi connectivity index (χ1n) is 7.34. The first kappa shape index (κ1) is 18.6. The van der Waals surface area contributed by atoms with Crippen LogP contribution in [0.5, 0.6) is 0 Å². The van der Waals surface area contributed by atoms with E-state index in [1.54, 1.807) is 19.2 Å². The Balaban J connectivity index is 1.93. The van der Waals surface area contributed by atoms with Gasteiger partial charge in [-0.05, 0) is 31.0 Å². The van der Waals surface area contributed by atoms with Crippen LogP contribution in [0.25, 0.3) is 0 Å². The molecule has 130 valence electrons. The van der Waals surface area contributed by atoms with E-state index < -0.39 is 0 Å². The second kappa shape index (κ2) is 8.91. The molecule has 1 aromatic heterocycles. The Morgan fingerprint density at radius 3 is 3.00 bits per heavy atom. The van der Waals surface area contributed by atoms with Crippen molar-refractivity contribution in [3.8, 4) is 0 Å². The monoisotopic (exact) mass is 370 g/mol. The number of amides is 1. The number of aryl methyl sites for hydroxylation is 1. The topological polar surface area (TPSA) is 89.0 Å². The Morgan fingerprint density at radius 1 is 1.50 bits per heavy atom. The van der Waals surface area contributed by atoms with Gasteiger partial charge in [-0.2, -0.15) is 0 Å². The molecule has 7 nitrogen and oxygen atoms in total. The van der Waals surface area contributed by atoms with E-state index >= 15 is 0 Å². The number of benzene rings is 1. The quantitative estimate of drug-likeness (QED) is 0.549. The molecule has 0 radical (unpaired) electrons.